The Bertz CT molecular complexity index is 448. The maximum Gasteiger partial charge on any atom is 0.303 e. The number of nitrogens with one attached hydrogen (secondary N) is 1. The lowest BCUT2D eigenvalue weighted by Crippen LogP contribution is -2.40. The van der Waals surface area contributed by atoms with E-state index < -0.39 is 12.0 Å². The molecule has 0 bridgehead atoms. The SMILES string of the molecule is COc1cccc(CNC(=O)C(N)CCC(=O)O)c1. The minimum absolute atomic E-state index is 0.117. The van der Waals surface area contributed by atoms with E-state index in [-0.39, 0.29) is 18.7 Å². The summed E-state index contributed by atoms with van der Waals surface area (Å²) in [7, 11) is 1.57. The van der Waals surface area contributed by atoms with E-state index in [9.17, 15) is 9.59 Å². The smallest absolute Gasteiger partial charge is 0.303 e. The highest BCUT2D eigenvalue weighted by Crippen LogP contribution is 2.12. The predicted molar refractivity (Wildman–Crippen MR) is 69.7 cm³/mol. The van der Waals surface area contributed by atoms with E-state index in [1.807, 2.05) is 24.3 Å². The molecule has 0 aliphatic carbocycles. The van der Waals surface area contributed by atoms with Gasteiger partial charge in [-0.1, -0.05) is 12.1 Å². The molecule has 4 N–H and O–H groups in total. The first-order valence-electron chi connectivity index (χ1n) is 5.91. The quantitative estimate of drug-likeness (QED) is 0.667. The van der Waals surface area contributed by atoms with E-state index >= 15 is 0 Å². The molecule has 104 valence electrons. The number of aliphatic carboxylic acids is 1. The Kier molecular flexibility index (Phi) is 5.81. The number of benzene rings is 1. The van der Waals surface area contributed by atoms with Gasteiger partial charge in [0.2, 0.25) is 5.91 Å². The fourth-order valence-electron chi connectivity index (χ4n) is 1.51. The number of nitrogens with two attached hydrogens (primary N) is 1. The van der Waals surface area contributed by atoms with E-state index in [0.717, 1.165) is 5.56 Å². The van der Waals surface area contributed by atoms with Gasteiger partial charge in [0.1, 0.15) is 5.75 Å². The lowest BCUT2D eigenvalue weighted by Gasteiger charge is -2.11. The molecule has 0 aliphatic heterocycles. The van der Waals surface area contributed by atoms with Crippen LogP contribution < -0.4 is 15.8 Å². The number of amides is 1. The summed E-state index contributed by atoms with van der Waals surface area (Å²) in [4.78, 5) is 22.0. The fraction of sp³-hybridized carbons (Fsp3) is 0.385. The van der Waals surface area contributed by atoms with Gasteiger partial charge in [0.05, 0.1) is 13.2 Å². The summed E-state index contributed by atoms with van der Waals surface area (Å²) in [6.07, 6.45) is 0.00697. The van der Waals surface area contributed by atoms with Gasteiger partial charge in [-0.2, -0.15) is 0 Å². The molecule has 0 fully saturated rings. The Morgan fingerprint density at radius 2 is 2.21 bits per heavy atom. The molecule has 0 heterocycles. The second-order valence-electron chi connectivity index (χ2n) is 4.11. The van der Waals surface area contributed by atoms with Crippen molar-refractivity contribution in [1.29, 1.82) is 0 Å². The van der Waals surface area contributed by atoms with Crippen molar-refractivity contribution in [2.24, 2.45) is 5.73 Å². The van der Waals surface area contributed by atoms with Gasteiger partial charge in [-0.25, -0.2) is 0 Å². The maximum atomic E-state index is 11.6. The molecular formula is C13H18N2O4. The topological polar surface area (TPSA) is 102 Å². The molecule has 0 saturated heterocycles. The van der Waals surface area contributed by atoms with Gasteiger partial charge >= 0.3 is 5.97 Å². The summed E-state index contributed by atoms with van der Waals surface area (Å²) < 4.78 is 5.07. The van der Waals surface area contributed by atoms with Crippen LogP contribution in [0.3, 0.4) is 0 Å². The second kappa shape index (κ2) is 7.38. The number of hydrogen-bond acceptors (Lipinski definition) is 4. The lowest BCUT2D eigenvalue weighted by atomic mass is 10.1. The van der Waals surface area contributed by atoms with Gasteiger partial charge in [0.25, 0.3) is 0 Å². The number of carbonyl (C=O) groups excluding carboxylic acids is 1. The molecular weight excluding hydrogens is 248 g/mol. The summed E-state index contributed by atoms with van der Waals surface area (Å²) in [6, 6.07) is 6.49. The normalized spacial score (nSPS) is 11.7. The second-order valence-corrected chi connectivity index (χ2v) is 4.11. The molecule has 1 aromatic rings. The van der Waals surface area contributed by atoms with Crippen LogP contribution in [0, 0.1) is 0 Å². The molecule has 0 radical (unpaired) electrons. The predicted octanol–water partition coefficient (Wildman–Crippen LogP) is 0.504. The van der Waals surface area contributed by atoms with Crippen molar-refractivity contribution in [2.45, 2.75) is 25.4 Å². The highest BCUT2D eigenvalue weighted by Gasteiger charge is 2.14. The van der Waals surface area contributed by atoms with Crippen LogP contribution in [0.5, 0.6) is 5.75 Å². The summed E-state index contributed by atoms with van der Waals surface area (Å²) >= 11 is 0. The third kappa shape index (κ3) is 5.39. The van der Waals surface area contributed by atoms with Crippen molar-refractivity contribution >= 4 is 11.9 Å². The van der Waals surface area contributed by atoms with Gasteiger partial charge in [-0.05, 0) is 24.1 Å². The monoisotopic (exact) mass is 266 g/mol. The molecule has 1 atom stereocenters. The molecule has 0 spiro atoms. The first kappa shape index (κ1) is 15.0. The number of rotatable bonds is 7. The molecule has 0 saturated carbocycles. The molecule has 1 aromatic carbocycles. The Balaban J connectivity index is 2.42. The zero-order valence-electron chi connectivity index (χ0n) is 10.8. The van der Waals surface area contributed by atoms with E-state index in [1.54, 1.807) is 7.11 Å². The van der Waals surface area contributed by atoms with Crippen LogP contribution in [0.2, 0.25) is 0 Å². The molecule has 1 rings (SSSR count). The molecule has 1 unspecified atom stereocenters. The number of hydrogen-bond donors (Lipinski definition) is 3. The number of carbonyl (C=O) groups is 2. The molecule has 0 aromatic heterocycles. The zero-order valence-corrected chi connectivity index (χ0v) is 10.8. The van der Waals surface area contributed by atoms with Crippen LogP contribution >= 0.6 is 0 Å². The minimum atomic E-state index is -0.962. The van der Waals surface area contributed by atoms with Crippen molar-refractivity contribution in [3.8, 4) is 5.75 Å². The summed E-state index contributed by atoms with van der Waals surface area (Å²) in [5, 5.41) is 11.2. The Morgan fingerprint density at radius 3 is 2.84 bits per heavy atom. The van der Waals surface area contributed by atoms with Crippen LogP contribution in [-0.4, -0.2) is 30.1 Å². The van der Waals surface area contributed by atoms with E-state index in [1.165, 1.54) is 0 Å². The van der Waals surface area contributed by atoms with Crippen molar-refractivity contribution in [3.05, 3.63) is 29.8 Å². The molecule has 1 amide bonds. The number of methoxy groups -OCH3 is 1. The fourth-order valence-corrected chi connectivity index (χ4v) is 1.51. The summed E-state index contributed by atoms with van der Waals surface area (Å²) in [5.41, 5.74) is 6.47. The lowest BCUT2D eigenvalue weighted by molar-refractivity contribution is -0.137. The van der Waals surface area contributed by atoms with Crippen LogP contribution in [0.25, 0.3) is 0 Å². The largest absolute Gasteiger partial charge is 0.497 e. The average Bonchev–Trinajstić information content (AvgIpc) is 2.42. The Morgan fingerprint density at radius 1 is 1.47 bits per heavy atom. The van der Waals surface area contributed by atoms with Gasteiger partial charge in [0.15, 0.2) is 0 Å². The van der Waals surface area contributed by atoms with Gasteiger partial charge < -0.3 is 20.9 Å². The number of carboxylic acids is 1. The number of carboxylic acid groups (broad SMARTS) is 1. The van der Waals surface area contributed by atoms with Crippen LogP contribution in [0.1, 0.15) is 18.4 Å². The van der Waals surface area contributed by atoms with Crippen molar-refractivity contribution in [1.82, 2.24) is 5.32 Å². The number of ether oxygens (including phenoxy) is 1. The Hall–Kier alpha value is -2.08. The van der Waals surface area contributed by atoms with E-state index in [4.69, 9.17) is 15.6 Å². The van der Waals surface area contributed by atoms with Crippen molar-refractivity contribution in [2.75, 3.05) is 7.11 Å². The minimum Gasteiger partial charge on any atom is -0.497 e. The van der Waals surface area contributed by atoms with Crippen molar-refractivity contribution in [3.63, 3.8) is 0 Å². The summed E-state index contributed by atoms with van der Waals surface area (Å²) in [6.45, 7) is 0.330. The molecule has 19 heavy (non-hydrogen) atoms. The maximum absolute atomic E-state index is 11.6. The van der Waals surface area contributed by atoms with Gasteiger partial charge in [0, 0.05) is 13.0 Å². The Labute approximate surface area is 111 Å². The highest BCUT2D eigenvalue weighted by atomic mass is 16.5. The first-order valence-corrected chi connectivity index (χ1v) is 5.91. The average molecular weight is 266 g/mol. The summed E-state index contributed by atoms with van der Waals surface area (Å²) in [5.74, 6) is -0.609. The van der Waals surface area contributed by atoms with Crippen molar-refractivity contribution < 1.29 is 19.4 Å². The zero-order chi connectivity index (χ0) is 14.3. The standard InChI is InChI=1S/C13H18N2O4/c1-19-10-4-2-3-9(7-10)8-15-13(18)11(14)5-6-12(16)17/h2-4,7,11H,5-6,8,14H2,1H3,(H,15,18)(H,16,17). The van der Waals surface area contributed by atoms with Crippen LogP contribution in [0.4, 0.5) is 0 Å². The highest BCUT2D eigenvalue weighted by molar-refractivity contribution is 5.82. The first-order chi connectivity index (χ1) is 9.02. The van der Waals surface area contributed by atoms with Crippen LogP contribution in [0.15, 0.2) is 24.3 Å². The van der Waals surface area contributed by atoms with Gasteiger partial charge in [-0.3, -0.25) is 9.59 Å². The molecule has 6 nitrogen and oxygen atoms in total. The molecule has 6 heteroatoms. The van der Waals surface area contributed by atoms with E-state index in [2.05, 4.69) is 5.32 Å². The third-order valence-electron chi connectivity index (χ3n) is 2.61. The van der Waals surface area contributed by atoms with Gasteiger partial charge in [-0.15, -0.1) is 0 Å². The third-order valence-corrected chi connectivity index (χ3v) is 2.61. The van der Waals surface area contributed by atoms with E-state index in [0.29, 0.717) is 12.3 Å². The molecule has 0 aliphatic rings. The van der Waals surface area contributed by atoms with Crippen LogP contribution in [-0.2, 0) is 16.1 Å².